The molecule has 0 aliphatic heterocycles. The molecule has 0 saturated heterocycles. The number of rotatable bonds is 4. The second-order valence-corrected chi connectivity index (χ2v) is 5.92. The van der Waals surface area contributed by atoms with Gasteiger partial charge in [-0.3, -0.25) is 0 Å². The molecule has 0 bridgehead atoms. The van der Waals surface area contributed by atoms with E-state index in [1.54, 1.807) is 12.1 Å². The van der Waals surface area contributed by atoms with E-state index in [1.165, 1.54) is 12.4 Å². The Balaban J connectivity index is 1.94. The van der Waals surface area contributed by atoms with Crippen LogP contribution in [0.15, 0.2) is 24.5 Å². The van der Waals surface area contributed by atoms with Crippen molar-refractivity contribution in [3.05, 3.63) is 50.9 Å². The van der Waals surface area contributed by atoms with Crippen LogP contribution in [-0.4, -0.2) is 21.6 Å². The predicted octanol–water partition coefficient (Wildman–Crippen LogP) is 3.84. The van der Waals surface area contributed by atoms with Crippen LogP contribution in [0.4, 0.5) is 5.82 Å². The van der Waals surface area contributed by atoms with Gasteiger partial charge in [0.25, 0.3) is 0 Å². The number of nitrogens with zero attached hydrogens (tertiary/aromatic N) is 3. The average molecular weight is 387 g/mol. The van der Waals surface area contributed by atoms with E-state index >= 15 is 0 Å². The van der Waals surface area contributed by atoms with Crippen molar-refractivity contribution in [3.63, 3.8) is 0 Å². The number of hydrogen-bond donors (Lipinski definition) is 2. The van der Waals surface area contributed by atoms with Crippen molar-refractivity contribution in [2.75, 3.05) is 11.9 Å². The predicted molar refractivity (Wildman–Crippen MR) is 96.1 cm³/mol. The lowest BCUT2D eigenvalue weighted by Crippen LogP contribution is -2.31. The molecule has 0 aliphatic rings. The maximum absolute atomic E-state index is 8.95. The van der Waals surface area contributed by atoms with E-state index in [0.717, 1.165) is 5.56 Å². The lowest BCUT2D eigenvalue weighted by atomic mass is 10.1. The van der Waals surface area contributed by atoms with Crippen LogP contribution in [-0.2, 0) is 6.42 Å². The number of aromatic nitrogens is 2. The molecule has 1 aromatic carbocycles. The first-order valence-corrected chi connectivity index (χ1v) is 7.95. The molecule has 0 unspecified atom stereocenters. The summed E-state index contributed by atoms with van der Waals surface area (Å²) in [5.74, 6) is 0.298. The molecule has 0 radical (unpaired) electrons. The summed E-state index contributed by atoms with van der Waals surface area (Å²) in [6.45, 7) is 0.480. The van der Waals surface area contributed by atoms with Crippen molar-refractivity contribution in [1.29, 1.82) is 5.26 Å². The molecule has 2 N–H and O–H groups in total. The van der Waals surface area contributed by atoms with Crippen LogP contribution < -0.4 is 10.6 Å². The van der Waals surface area contributed by atoms with Gasteiger partial charge in [-0.2, -0.15) is 5.26 Å². The fraction of sp³-hybridized carbons (Fsp3) is 0.143. The highest BCUT2D eigenvalue weighted by atomic mass is 35.5. The maximum Gasteiger partial charge on any atom is 0.183 e. The first kappa shape index (κ1) is 17.7. The molecule has 0 saturated carbocycles. The zero-order valence-corrected chi connectivity index (χ0v) is 14.7. The van der Waals surface area contributed by atoms with Gasteiger partial charge < -0.3 is 10.6 Å². The number of nitriles is 1. The topological polar surface area (TPSA) is 73.6 Å². The largest absolute Gasteiger partial charge is 0.362 e. The summed E-state index contributed by atoms with van der Waals surface area (Å²) < 4.78 is 0. The Hall–Kier alpha value is -1.65. The number of anilines is 1. The molecular formula is C14H10Cl3N5S. The van der Waals surface area contributed by atoms with E-state index in [2.05, 4.69) is 20.6 Å². The molecule has 1 heterocycles. The van der Waals surface area contributed by atoms with E-state index in [4.69, 9.17) is 52.3 Å². The standard InChI is InChI=1S/C14H10Cl3N5S/c15-9-1-2-10(16)12(17)8(9)3-4-21-14(23)22-13-11(7-18)19-5-6-20-13/h1-2,5-6H,3-4H2,(H2,20,21,22,23). The minimum absolute atomic E-state index is 0.164. The van der Waals surface area contributed by atoms with Crippen LogP contribution in [0.3, 0.4) is 0 Å². The minimum Gasteiger partial charge on any atom is -0.362 e. The summed E-state index contributed by atoms with van der Waals surface area (Å²) in [4.78, 5) is 7.90. The van der Waals surface area contributed by atoms with E-state index in [1.807, 2.05) is 6.07 Å². The molecule has 2 aromatic rings. The van der Waals surface area contributed by atoms with Gasteiger partial charge in [-0.25, -0.2) is 9.97 Å². The van der Waals surface area contributed by atoms with Gasteiger partial charge in [0.2, 0.25) is 0 Å². The molecular weight excluding hydrogens is 377 g/mol. The van der Waals surface area contributed by atoms with Gasteiger partial charge in [-0.15, -0.1) is 0 Å². The monoisotopic (exact) mass is 385 g/mol. The number of thiocarbonyl (C=S) groups is 1. The van der Waals surface area contributed by atoms with Crippen molar-refractivity contribution < 1.29 is 0 Å². The highest BCUT2D eigenvalue weighted by Gasteiger charge is 2.10. The molecule has 23 heavy (non-hydrogen) atoms. The zero-order valence-electron chi connectivity index (χ0n) is 11.6. The number of nitrogens with one attached hydrogen (secondary N) is 2. The fourth-order valence-corrected chi connectivity index (χ4v) is 2.70. The number of hydrogen-bond acceptors (Lipinski definition) is 4. The van der Waals surface area contributed by atoms with Crippen LogP contribution in [0.5, 0.6) is 0 Å². The molecule has 0 aliphatic carbocycles. The van der Waals surface area contributed by atoms with E-state index in [0.29, 0.717) is 39.0 Å². The summed E-state index contributed by atoms with van der Waals surface area (Å²) in [7, 11) is 0. The Kier molecular flexibility index (Phi) is 6.37. The van der Waals surface area contributed by atoms with Crippen molar-refractivity contribution in [2.24, 2.45) is 0 Å². The third-order valence-corrected chi connectivity index (χ3v) is 4.28. The molecule has 0 atom stereocenters. The van der Waals surface area contributed by atoms with Gasteiger partial charge in [-0.1, -0.05) is 34.8 Å². The molecule has 0 fully saturated rings. The Morgan fingerprint density at radius 1 is 1.17 bits per heavy atom. The summed E-state index contributed by atoms with van der Waals surface area (Å²) in [6.07, 6.45) is 3.44. The summed E-state index contributed by atoms with van der Waals surface area (Å²) in [5.41, 5.74) is 0.908. The number of halogens is 3. The normalized spacial score (nSPS) is 10.0. The van der Waals surface area contributed by atoms with E-state index in [9.17, 15) is 0 Å². The third-order valence-electron chi connectivity index (χ3n) is 2.84. The molecule has 0 amide bonds. The van der Waals surface area contributed by atoms with Gasteiger partial charge in [-0.05, 0) is 36.3 Å². The quantitative estimate of drug-likeness (QED) is 0.614. The van der Waals surface area contributed by atoms with Gasteiger partial charge in [0.15, 0.2) is 16.6 Å². The number of benzene rings is 1. The second kappa shape index (κ2) is 8.27. The minimum atomic E-state index is 0.164. The summed E-state index contributed by atoms with van der Waals surface area (Å²) in [5, 5.41) is 16.5. The lowest BCUT2D eigenvalue weighted by molar-refractivity contribution is 0.873. The van der Waals surface area contributed by atoms with Crippen molar-refractivity contribution in [3.8, 4) is 6.07 Å². The first-order valence-electron chi connectivity index (χ1n) is 6.41. The molecule has 2 rings (SSSR count). The third kappa shape index (κ3) is 4.66. The van der Waals surface area contributed by atoms with Crippen molar-refractivity contribution >= 4 is 58.0 Å². The van der Waals surface area contributed by atoms with E-state index < -0.39 is 0 Å². The Labute approximate surface area is 153 Å². The van der Waals surface area contributed by atoms with Crippen LogP contribution >= 0.6 is 47.0 Å². The summed E-state index contributed by atoms with van der Waals surface area (Å²) in [6, 6.07) is 5.27. The zero-order chi connectivity index (χ0) is 16.8. The van der Waals surface area contributed by atoms with Crippen molar-refractivity contribution in [2.45, 2.75) is 6.42 Å². The summed E-state index contributed by atoms with van der Waals surface area (Å²) >= 11 is 23.4. The average Bonchev–Trinajstić information content (AvgIpc) is 2.55. The van der Waals surface area contributed by atoms with Crippen molar-refractivity contribution in [1.82, 2.24) is 15.3 Å². The van der Waals surface area contributed by atoms with Crippen LogP contribution in [0.2, 0.25) is 15.1 Å². The van der Waals surface area contributed by atoms with Gasteiger partial charge in [0.1, 0.15) is 6.07 Å². The first-order chi connectivity index (χ1) is 11.0. The second-order valence-electron chi connectivity index (χ2n) is 4.32. The highest BCUT2D eigenvalue weighted by molar-refractivity contribution is 7.80. The van der Waals surface area contributed by atoms with Gasteiger partial charge in [0, 0.05) is 24.0 Å². The van der Waals surface area contributed by atoms with Crippen LogP contribution in [0.25, 0.3) is 0 Å². The Bertz CT molecular complexity index is 775. The van der Waals surface area contributed by atoms with Crippen LogP contribution in [0, 0.1) is 11.3 Å². The highest BCUT2D eigenvalue weighted by Crippen LogP contribution is 2.31. The molecule has 9 heteroatoms. The maximum atomic E-state index is 8.95. The smallest absolute Gasteiger partial charge is 0.183 e. The van der Waals surface area contributed by atoms with Gasteiger partial charge in [0.05, 0.1) is 10.0 Å². The Morgan fingerprint density at radius 3 is 2.61 bits per heavy atom. The molecule has 118 valence electrons. The molecule has 0 spiro atoms. The fourth-order valence-electron chi connectivity index (χ4n) is 1.76. The van der Waals surface area contributed by atoms with Crippen LogP contribution in [0.1, 0.15) is 11.3 Å². The van der Waals surface area contributed by atoms with Gasteiger partial charge >= 0.3 is 0 Å². The SMILES string of the molecule is N#Cc1nccnc1NC(=S)NCCc1c(Cl)ccc(Cl)c1Cl. The Morgan fingerprint density at radius 2 is 1.87 bits per heavy atom. The molecule has 1 aromatic heterocycles. The van der Waals surface area contributed by atoms with E-state index in [-0.39, 0.29) is 5.69 Å². The molecule has 5 nitrogen and oxygen atoms in total. The lowest BCUT2D eigenvalue weighted by Gasteiger charge is -2.12.